The number of nitrogens with zero attached hydrogens (tertiary/aromatic N) is 2. The number of hydrogen-bond donors (Lipinski definition) is 3. The Bertz CT molecular complexity index is 1900. The minimum Gasteiger partial charge on any atom is -0.458 e. The fourth-order valence-corrected chi connectivity index (χ4v) is 6.80. The minimum absolute atomic E-state index is 0.00201. The number of aryl methyl sites for hydroxylation is 1. The van der Waals surface area contributed by atoms with Gasteiger partial charge in [0.15, 0.2) is 11.2 Å². The van der Waals surface area contributed by atoms with Gasteiger partial charge in [-0.2, -0.15) is 26.3 Å². The van der Waals surface area contributed by atoms with Crippen LogP contribution >= 0.6 is 0 Å². The van der Waals surface area contributed by atoms with Crippen LogP contribution in [0.25, 0.3) is 22.3 Å². The van der Waals surface area contributed by atoms with Crippen LogP contribution in [0.5, 0.6) is 0 Å². The standard InChI is InChI=1S/C30H26F7N3O6/c1-3-28(45)16-6-20-24-14(9-40(20)25(42)15(16)10-46-26(28)43)23-18(5-4-13-12(2)17(31)7-19(39-24)22(13)23)38-21(41)8-27(44,30(35,36)37)11-29(32,33)34/h6-7,18,44-45H,3-5,8-11H2,1-2H3,(H,38,41)/t18-,27?,28-/m0/s1. The molecule has 0 bridgehead atoms. The van der Waals surface area contributed by atoms with Gasteiger partial charge >= 0.3 is 18.3 Å². The van der Waals surface area contributed by atoms with E-state index in [-0.39, 0.29) is 65.0 Å². The molecule has 3 atom stereocenters. The quantitative estimate of drug-likeness (QED) is 0.216. The third-order valence-corrected chi connectivity index (χ3v) is 9.19. The van der Waals surface area contributed by atoms with E-state index in [9.17, 15) is 50.9 Å². The molecule has 3 aliphatic rings. The van der Waals surface area contributed by atoms with E-state index in [1.54, 1.807) is 0 Å². The number of cyclic esters (lactones) is 1. The average Bonchev–Trinajstić information content (AvgIpc) is 3.31. The van der Waals surface area contributed by atoms with Crippen molar-refractivity contribution >= 4 is 22.8 Å². The number of carbonyl (C=O) groups is 2. The second kappa shape index (κ2) is 10.2. The Morgan fingerprint density at radius 1 is 1.15 bits per heavy atom. The molecule has 1 amide bonds. The van der Waals surface area contributed by atoms with Crippen LogP contribution in [0.15, 0.2) is 16.9 Å². The Morgan fingerprint density at radius 2 is 1.85 bits per heavy atom. The minimum atomic E-state index is -5.79. The van der Waals surface area contributed by atoms with Gasteiger partial charge in [-0.1, -0.05) is 6.92 Å². The first-order chi connectivity index (χ1) is 21.3. The maximum Gasteiger partial charge on any atom is 0.418 e. The zero-order valence-corrected chi connectivity index (χ0v) is 24.2. The van der Waals surface area contributed by atoms with Crippen molar-refractivity contribution in [3.05, 3.63) is 61.7 Å². The maximum absolute atomic E-state index is 15.0. The van der Waals surface area contributed by atoms with Crippen LogP contribution in [0, 0.1) is 12.7 Å². The lowest BCUT2D eigenvalue weighted by molar-refractivity contribution is -0.293. The summed E-state index contributed by atoms with van der Waals surface area (Å²) in [4.78, 5) is 43.7. The number of rotatable bonds is 5. The fourth-order valence-electron chi connectivity index (χ4n) is 6.80. The van der Waals surface area contributed by atoms with Crippen LogP contribution in [-0.4, -0.2) is 49.6 Å². The lowest BCUT2D eigenvalue weighted by Crippen LogP contribution is -2.51. The second-order valence-electron chi connectivity index (χ2n) is 12.0. The number of ether oxygens (including phenoxy) is 1. The number of amides is 1. The Labute approximate surface area is 255 Å². The molecular weight excluding hydrogens is 631 g/mol. The number of hydrogen-bond acceptors (Lipinski definition) is 7. The zero-order chi connectivity index (χ0) is 33.7. The lowest BCUT2D eigenvalue weighted by Gasteiger charge is -2.33. The normalized spacial score (nSPS) is 21.7. The largest absolute Gasteiger partial charge is 0.458 e. The summed E-state index contributed by atoms with van der Waals surface area (Å²) in [5.74, 6) is -3.09. The van der Waals surface area contributed by atoms with E-state index in [4.69, 9.17) is 4.74 Å². The van der Waals surface area contributed by atoms with Gasteiger partial charge in [-0.05, 0) is 48.9 Å². The molecule has 2 aliphatic heterocycles. The van der Waals surface area contributed by atoms with Gasteiger partial charge in [0.2, 0.25) is 5.91 Å². The summed E-state index contributed by atoms with van der Waals surface area (Å²) in [7, 11) is 0. The van der Waals surface area contributed by atoms with Gasteiger partial charge < -0.3 is 24.8 Å². The van der Waals surface area contributed by atoms with Gasteiger partial charge in [0, 0.05) is 22.6 Å². The number of pyridine rings is 2. The monoisotopic (exact) mass is 657 g/mol. The number of halogens is 7. The third-order valence-electron chi connectivity index (χ3n) is 9.19. The van der Waals surface area contributed by atoms with E-state index >= 15 is 4.39 Å². The highest BCUT2D eigenvalue weighted by Crippen LogP contribution is 2.47. The highest BCUT2D eigenvalue weighted by atomic mass is 19.4. The summed E-state index contributed by atoms with van der Waals surface area (Å²) < 4.78 is 101. The van der Waals surface area contributed by atoms with E-state index in [1.165, 1.54) is 24.5 Å². The van der Waals surface area contributed by atoms with E-state index < -0.39 is 72.3 Å². The zero-order valence-electron chi connectivity index (χ0n) is 24.2. The average molecular weight is 658 g/mol. The van der Waals surface area contributed by atoms with E-state index in [1.807, 2.05) is 0 Å². The smallest absolute Gasteiger partial charge is 0.418 e. The Hall–Kier alpha value is -4.05. The van der Waals surface area contributed by atoms with Gasteiger partial charge in [0.1, 0.15) is 12.4 Å². The van der Waals surface area contributed by atoms with Crippen molar-refractivity contribution in [3.63, 3.8) is 0 Å². The number of benzene rings is 1. The molecule has 46 heavy (non-hydrogen) atoms. The van der Waals surface area contributed by atoms with Crippen molar-refractivity contribution in [1.82, 2.24) is 14.9 Å². The van der Waals surface area contributed by atoms with Gasteiger partial charge in [-0.15, -0.1) is 0 Å². The fraction of sp³-hybridized carbons (Fsp3) is 0.467. The number of esters is 1. The van der Waals surface area contributed by atoms with Crippen molar-refractivity contribution < 1.29 is 55.3 Å². The summed E-state index contributed by atoms with van der Waals surface area (Å²) in [5.41, 5.74) is -5.43. The van der Waals surface area contributed by atoms with E-state index in [0.29, 0.717) is 16.5 Å². The van der Waals surface area contributed by atoms with Crippen molar-refractivity contribution in [2.75, 3.05) is 0 Å². The van der Waals surface area contributed by atoms with Crippen LogP contribution in [0.1, 0.15) is 72.0 Å². The molecular formula is C30H26F7N3O6. The number of aliphatic hydroxyl groups is 2. The highest BCUT2D eigenvalue weighted by Gasteiger charge is 2.59. The first-order valence-electron chi connectivity index (χ1n) is 14.3. The van der Waals surface area contributed by atoms with Crippen LogP contribution in [-0.2, 0) is 39.5 Å². The van der Waals surface area contributed by atoms with Crippen LogP contribution in [0.2, 0.25) is 0 Å². The van der Waals surface area contributed by atoms with Crippen molar-refractivity contribution in [2.24, 2.45) is 0 Å². The van der Waals surface area contributed by atoms with Gasteiger partial charge in [0.05, 0.1) is 47.9 Å². The van der Waals surface area contributed by atoms with Crippen LogP contribution in [0.4, 0.5) is 30.7 Å². The Kier molecular flexibility index (Phi) is 7.09. The number of nitrogens with one attached hydrogen (secondary N) is 1. The van der Waals surface area contributed by atoms with Crippen molar-refractivity contribution in [2.45, 2.75) is 88.7 Å². The topological polar surface area (TPSA) is 131 Å². The summed E-state index contributed by atoms with van der Waals surface area (Å²) in [6.45, 7) is 2.44. The lowest BCUT2D eigenvalue weighted by atomic mass is 9.81. The first-order valence-corrected chi connectivity index (χ1v) is 14.3. The van der Waals surface area contributed by atoms with Gasteiger partial charge in [-0.3, -0.25) is 9.59 Å². The molecule has 0 spiro atoms. The molecule has 6 rings (SSSR count). The van der Waals surface area contributed by atoms with Crippen LogP contribution in [0.3, 0.4) is 0 Å². The molecule has 0 fully saturated rings. The molecule has 2 aromatic heterocycles. The van der Waals surface area contributed by atoms with E-state index in [0.717, 1.165) is 6.07 Å². The number of fused-ring (bicyclic) bond motifs is 5. The van der Waals surface area contributed by atoms with Crippen molar-refractivity contribution in [1.29, 1.82) is 0 Å². The Morgan fingerprint density at radius 3 is 2.48 bits per heavy atom. The summed E-state index contributed by atoms with van der Waals surface area (Å²) >= 11 is 0. The molecule has 3 aromatic rings. The summed E-state index contributed by atoms with van der Waals surface area (Å²) in [6, 6.07) is 1.40. The SMILES string of the molecule is CC[C@@]1(O)C(=O)OCc2c1cc1n(c2=O)Cc2c-1nc1cc(F)c(C)c3c1c2[C@@H](NC(=O)CC(O)(CC(F)(F)F)C(F)(F)F)CC3. The number of carbonyl (C=O) groups excluding carboxylic acids is 2. The maximum atomic E-state index is 15.0. The first kappa shape index (κ1) is 31.9. The third kappa shape index (κ3) is 4.75. The molecule has 9 nitrogen and oxygen atoms in total. The molecule has 0 saturated carbocycles. The summed E-state index contributed by atoms with van der Waals surface area (Å²) in [6.07, 6.45) is -15.9. The highest BCUT2D eigenvalue weighted by molar-refractivity contribution is 5.94. The van der Waals surface area contributed by atoms with Gasteiger partial charge in [-0.25, -0.2) is 14.2 Å². The second-order valence-corrected chi connectivity index (χ2v) is 12.0. The molecule has 0 radical (unpaired) electrons. The molecule has 246 valence electrons. The molecule has 1 aliphatic carbocycles. The predicted molar refractivity (Wildman–Crippen MR) is 145 cm³/mol. The predicted octanol–water partition coefficient (Wildman–Crippen LogP) is 4.27. The number of aromatic nitrogens is 2. The molecule has 3 N–H and O–H groups in total. The molecule has 1 aromatic carbocycles. The molecule has 16 heteroatoms. The van der Waals surface area contributed by atoms with Crippen molar-refractivity contribution in [3.8, 4) is 11.4 Å². The van der Waals surface area contributed by atoms with Crippen LogP contribution < -0.4 is 10.9 Å². The molecule has 4 heterocycles. The molecule has 0 saturated heterocycles. The molecule has 1 unspecified atom stereocenters. The summed E-state index contributed by atoms with van der Waals surface area (Å²) in [5, 5.41) is 23.8. The Balaban J connectivity index is 1.50. The number of alkyl halides is 6. The van der Waals surface area contributed by atoms with E-state index in [2.05, 4.69) is 10.3 Å². The van der Waals surface area contributed by atoms with Gasteiger partial charge in [0.25, 0.3) is 5.56 Å².